The first-order valence-electron chi connectivity index (χ1n) is 11.6. The lowest BCUT2D eigenvalue weighted by atomic mass is 10.0. The van der Waals surface area contributed by atoms with Gasteiger partial charge < -0.3 is 19.6 Å². The van der Waals surface area contributed by atoms with Gasteiger partial charge in [-0.25, -0.2) is 14.5 Å². The quantitative estimate of drug-likeness (QED) is 0.314. The number of nitrogens with one attached hydrogen (secondary N) is 1. The Morgan fingerprint density at radius 1 is 1.14 bits per heavy atom. The Morgan fingerprint density at radius 3 is 2.68 bits per heavy atom. The maximum atomic E-state index is 13.1. The SMILES string of the molecule is COc1ccc(-n2cc(-c3cc(=O)c4cc(C)cc(C(C)Nc5ccccc5C(=O)O)c4o3)cn2)cn1. The van der Waals surface area contributed by atoms with Gasteiger partial charge >= 0.3 is 5.97 Å². The van der Waals surface area contributed by atoms with Crippen LogP contribution in [0.5, 0.6) is 5.88 Å². The second-order valence-electron chi connectivity index (χ2n) is 8.65. The number of ether oxygens (including phenoxy) is 1. The topological polar surface area (TPSA) is 119 Å². The Balaban J connectivity index is 1.56. The molecule has 0 amide bonds. The Bertz CT molecular complexity index is 1670. The van der Waals surface area contributed by atoms with Gasteiger partial charge in [-0.3, -0.25) is 4.79 Å². The van der Waals surface area contributed by atoms with Gasteiger partial charge in [0.25, 0.3) is 0 Å². The number of aryl methyl sites for hydroxylation is 1. The number of para-hydroxylation sites is 1. The van der Waals surface area contributed by atoms with Crippen molar-refractivity contribution in [2.45, 2.75) is 19.9 Å². The molecule has 0 radical (unpaired) electrons. The number of aromatic nitrogens is 3. The molecule has 0 aliphatic carbocycles. The number of rotatable bonds is 7. The van der Waals surface area contributed by atoms with Gasteiger partial charge in [-0.15, -0.1) is 0 Å². The van der Waals surface area contributed by atoms with E-state index in [0.717, 1.165) is 16.8 Å². The van der Waals surface area contributed by atoms with E-state index in [1.165, 1.54) is 6.07 Å². The molecule has 3 aromatic heterocycles. The van der Waals surface area contributed by atoms with Gasteiger partial charge in [-0.1, -0.05) is 18.2 Å². The number of carboxylic acid groups (broad SMARTS) is 1. The summed E-state index contributed by atoms with van der Waals surface area (Å²) in [5.74, 6) is -0.163. The molecule has 3 heterocycles. The standard InChI is InChI=1S/C28H24N4O5/c1-16-10-21(17(2)31-23-7-5-4-6-20(23)28(34)35)27-22(11-16)24(33)12-25(37-27)18-13-30-32(15-18)19-8-9-26(36-3)29-14-19/h4-15,17,31H,1-3H3,(H,34,35). The summed E-state index contributed by atoms with van der Waals surface area (Å²) in [4.78, 5) is 29.0. The van der Waals surface area contributed by atoms with Gasteiger partial charge in [-0.05, 0) is 43.7 Å². The van der Waals surface area contributed by atoms with Crippen LogP contribution in [-0.4, -0.2) is 33.0 Å². The lowest BCUT2D eigenvalue weighted by Crippen LogP contribution is -2.12. The summed E-state index contributed by atoms with van der Waals surface area (Å²) in [5.41, 5.74) is 3.86. The van der Waals surface area contributed by atoms with Crippen molar-refractivity contribution < 1.29 is 19.1 Å². The van der Waals surface area contributed by atoms with Crippen molar-refractivity contribution >= 4 is 22.6 Å². The highest BCUT2D eigenvalue weighted by molar-refractivity contribution is 5.94. The fourth-order valence-electron chi connectivity index (χ4n) is 4.22. The third kappa shape index (κ3) is 4.66. The highest BCUT2D eigenvalue weighted by Gasteiger charge is 2.19. The smallest absolute Gasteiger partial charge is 0.337 e. The molecule has 186 valence electrons. The molecule has 0 fully saturated rings. The van der Waals surface area contributed by atoms with Crippen LogP contribution in [0.3, 0.4) is 0 Å². The van der Waals surface area contributed by atoms with Crippen LogP contribution >= 0.6 is 0 Å². The molecular weight excluding hydrogens is 472 g/mol. The zero-order valence-corrected chi connectivity index (χ0v) is 20.4. The minimum atomic E-state index is -1.03. The van der Waals surface area contributed by atoms with Crippen molar-refractivity contribution in [3.8, 4) is 22.9 Å². The predicted molar refractivity (Wildman–Crippen MR) is 140 cm³/mol. The van der Waals surface area contributed by atoms with E-state index in [-0.39, 0.29) is 17.0 Å². The molecule has 9 heteroatoms. The Labute approximate surface area is 212 Å². The van der Waals surface area contributed by atoms with Crippen LogP contribution in [0.25, 0.3) is 28.0 Å². The summed E-state index contributed by atoms with van der Waals surface area (Å²) in [5, 5.41) is 17.7. The van der Waals surface area contributed by atoms with E-state index in [0.29, 0.717) is 33.9 Å². The van der Waals surface area contributed by atoms with Crippen LogP contribution in [0.15, 0.2) is 82.4 Å². The average Bonchev–Trinajstić information content (AvgIpc) is 3.39. The van der Waals surface area contributed by atoms with E-state index in [2.05, 4.69) is 15.4 Å². The minimum absolute atomic E-state index is 0.161. The van der Waals surface area contributed by atoms with Crippen molar-refractivity contribution in [3.63, 3.8) is 0 Å². The fourth-order valence-corrected chi connectivity index (χ4v) is 4.22. The molecule has 37 heavy (non-hydrogen) atoms. The van der Waals surface area contributed by atoms with Gasteiger partial charge in [0.05, 0.1) is 47.7 Å². The molecule has 0 aliphatic rings. The first kappa shape index (κ1) is 23.8. The highest BCUT2D eigenvalue weighted by Crippen LogP contribution is 2.31. The average molecular weight is 497 g/mol. The summed E-state index contributed by atoms with van der Waals surface area (Å²) in [7, 11) is 1.55. The molecule has 0 bridgehead atoms. The van der Waals surface area contributed by atoms with Crippen LogP contribution in [0, 0.1) is 6.92 Å². The number of carboxylic acids is 1. The van der Waals surface area contributed by atoms with Crippen LogP contribution < -0.4 is 15.5 Å². The first-order chi connectivity index (χ1) is 17.8. The highest BCUT2D eigenvalue weighted by atomic mass is 16.5. The van der Waals surface area contributed by atoms with Gasteiger partial charge in [0, 0.05) is 29.6 Å². The molecule has 0 saturated heterocycles. The maximum Gasteiger partial charge on any atom is 0.337 e. The number of hydrogen-bond acceptors (Lipinski definition) is 7. The summed E-state index contributed by atoms with van der Waals surface area (Å²) in [6, 6.07) is 15.1. The molecule has 5 rings (SSSR count). The largest absolute Gasteiger partial charge is 0.481 e. The molecular formula is C28H24N4O5. The number of methoxy groups -OCH3 is 1. The third-order valence-corrected chi connectivity index (χ3v) is 6.06. The van der Waals surface area contributed by atoms with Crippen LogP contribution in [0.2, 0.25) is 0 Å². The molecule has 5 aromatic rings. The van der Waals surface area contributed by atoms with Gasteiger partial charge in [0.1, 0.15) is 11.3 Å². The van der Waals surface area contributed by atoms with Crippen molar-refractivity contribution in [2.75, 3.05) is 12.4 Å². The van der Waals surface area contributed by atoms with E-state index in [4.69, 9.17) is 9.15 Å². The number of anilines is 1. The van der Waals surface area contributed by atoms with Crippen LogP contribution in [-0.2, 0) is 0 Å². The number of pyridine rings is 1. The summed E-state index contributed by atoms with van der Waals surface area (Å²) < 4.78 is 13.0. The third-order valence-electron chi connectivity index (χ3n) is 6.06. The number of nitrogens with zero attached hydrogens (tertiary/aromatic N) is 3. The Kier molecular flexibility index (Phi) is 6.19. The fraction of sp³-hybridized carbons (Fsp3) is 0.143. The second kappa shape index (κ2) is 9.62. The van der Waals surface area contributed by atoms with Crippen molar-refractivity contribution in [3.05, 3.63) is 100 Å². The van der Waals surface area contributed by atoms with Crippen molar-refractivity contribution in [2.24, 2.45) is 0 Å². The zero-order chi connectivity index (χ0) is 26.1. The van der Waals surface area contributed by atoms with E-state index < -0.39 is 5.97 Å². The number of benzene rings is 2. The second-order valence-corrected chi connectivity index (χ2v) is 8.65. The normalized spacial score (nSPS) is 11.9. The Morgan fingerprint density at radius 2 is 1.95 bits per heavy atom. The number of carbonyl (C=O) groups is 1. The van der Waals surface area contributed by atoms with Gasteiger partial charge in [-0.2, -0.15) is 5.10 Å². The monoisotopic (exact) mass is 496 g/mol. The van der Waals surface area contributed by atoms with E-state index in [1.54, 1.807) is 66.8 Å². The molecule has 2 N–H and O–H groups in total. The summed E-state index contributed by atoms with van der Waals surface area (Å²) >= 11 is 0. The molecule has 0 saturated carbocycles. The summed E-state index contributed by atoms with van der Waals surface area (Å²) in [6.45, 7) is 3.80. The molecule has 0 aliphatic heterocycles. The number of hydrogen-bond donors (Lipinski definition) is 2. The van der Waals surface area contributed by atoms with E-state index >= 15 is 0 Å². The summed E-state index contributed by atoms with van der Waals surface area (Å²) in [6.07, 6.45) is 5.01. The lowest BCUT2D eigenvalue weighted by Gasteiger charge is -2.19. The number of fused-ring (bicyclic) bond motifs is 1. The zero-order valence-electron chi connectivity index (χ0n) is 20.4. The van der Waals surface area contributed by atoms with E-state index in [1.807, 2.05) is 26.0 Å². The lowest BCUT2D eigenvalue weighted by molar-refractivity contribution is 0.0698. The van der Waals surface area contributed by atoms with Gasteiger partial charge in [0.15, 0.2) is 5.43 Å². The minimum Gasteiger partial charge on any atom is -0.481 e. The first-order valence-corrected chi connectivity index (χ1v) is 11.6. The molecule has 1 unspecified atom stereocenters. The van der Waals surface area contributed by atoms with Crippen molar-refractivity contribution in [1.29, 1.82) is 0 Å². The van der Waals surface area contributed by atoms with E-state index in [9.17, 15) is 14.7 Å². The predicted octanol–water partition coefficient (Wildman–Crippen LogP) is 5.23. The molecule has 0 spiro atoms. The Hall–Kier alpha value is -4.92. The van der Waals surface area contributed by atoms with Gasteiger partial charge in [0.2, 0.25) is 5.88 Å². The van der Waals surface area contributed by atoms with Crippen molar-refractivity contribution in [1.82, 2.24) is 14.8 Å². The molecule has 2 aromatic carbocycles. The molecule has 9 nitrogen and oxygen atoms in total. The van der Waals surface area contributed by atoms with Crippen LogP contribution in [0.4, 0.5) is 5.69 Å². The maximum absolute atomic E-state index is 13.1. The number of aromatic carboxylic acids is 1. The van der Waals surface area contributed by atoms with Crippen LogP contribution in [0.1, 0.15) is 34.5 Å². The molecule has 1 atom stereocenters.